The Labute approximate surface area is 141 Å². The van der Waals surface area contributed by atoms with E-state index in [-0.39, 0.29) is 11.4 Å². The maximum Gasteiger partial charge on any atom is 0.309 e. The van der Waals surface area contributed by atoms with E-state index in [1.165, 1.54) is 0 Å². The summed E-state index contributed by atoms with van der Waals surface area (Å²) >= 11 is 0. The molecule has 2 N–H and O–H groups in total. The summed E-state index contributed by atoms with van der Waals surface area (Å²) in [6.07, 6.45) is 8.43. The molecule has 130 valence electrons. The first kappa shape index (κ1) is 15.7. The number of hydrogen-bond acceptors (Lipinski definition) is 3. The van der Waals surface area contributed by atoms with Crippen LogP contribution in [0.4, 0.5) is 0 Å². The number of fused-ring (bicyclic) bond motifs is 3. The molecule has 1 aromatic heterocycles. The first-order chi connectivity index (χ1) is 11.5. The van der Waals surface area contributed by atoms with Crippen molar-refractivity contribution in [3.63, 3.8) is 0 Å². The smallest absolute Gasteiger partial charge is 0.309 e. The molecule has 0 aromatic carbocycles. The largest absolute Gasteiger partial charge is 0.481 e. The van der Waals surface area contributed by atoms with Gasteiger partial charge >= 0.3 is 5.97 Å². The molecule has 1 aromatic rings. The van der Waals surface area contributed by atoms with Crippen LogP contribution in [0.5, 0.6) is 0 Å². The van der Waals surface area contributed by atoms with Crippen LogP contribution in [-0.4, -0.2) is 32.3 Å². The van der Waals surface area contributed by atoms with E-state index < -0.39 is 11.4 Å². The van der Waals surface area contributed by atoms with Crippen molar-refractivity contribution in [2.75, 3.05) is 0 Å². The molecule has 1 amide bonds. The van der Waals surface area contributed by atoms with Crippen molar-refractivity contribution in [3.8, 4) is 0 Å². The molecule has 0 spiro atoms. The fourth-order valence-corrected chi connectivity index (χ4v) is 4.43. The van der Waals surface area contributed by atoms with Crippen molar-refractivity contribution in [2.24, 2.45) is 5.41 Å². The van der Waals surface area contributed by atoms with E-state index in [0.29, 0.717) is 25.2 Å². The highest BCUT2D eigenvalue weighted by Gasteiger charge is 2.53. The van der Waals surface area contributed by atoms with Gasteiger partial charge in [0.25, 0.3) is 5.91 Å². The minimum Gasteiger partial charge on any atom is -0.481 e. The van der Waals surface area contributed by atoms with Gasteiger partial charge in [-0.2, -0.15) is 5.10 Å². The maximum atomic E-state index is 12.9. The van der Waals surface area contributed by atoms with Crippen molar-refractivity contribution < 1.29 is 14.7 Å². The zero-order valence-corrected chi connectivity index (χ0v) is 14.2. The Kier molecular flexibility index (Phi) is 3.48. The van der Waals surface area contributed by atoms with E-state index in [4.69, 9.17) is 0 Å². The van der Waals surface area contributed by atoms with Crippen LogP contribution in [0.3, 0.4) is 0 Å². The molecule has 4 aliphatic rings. The Balaban J connectivity index is 1.51. The van der Waals surface area contributed by atoms with Crippen LogP contribution < -0.4 is 5.32 Å². The monoisotopic (exact) mass is 331 g/mol. The quantitative estimate of drug-likeness (QED) is 0.869. The fourth-order valence-electron chi connectivity index (χ4n) is 4.43. The average Bonchev–Trinajstić information content (AvgIpc) is 3.34. The van der Waals surface area contributed by atoms with E-state index in [9.17, 15) is 14.7 Å². The Bertz CT molecular complexity index is 665. The second-order valence-corrected chi connectivity index (χ2v) is 7.88. The van der Waals surface area contributed by atoms with Crippen LogP contribution in [0.1, 0.15) is 80.3 Å². The van der Waals surface area contributed by atoms with Crippen LogP contribution >= 0.6 is 0 Å². The Morgan fingerprint density at radius 2 is 1.88 bits per heavy atom. The second kappa shape index (κ2) is 5.33. The van der Waals surface area contributed by atoms with E-state index in [1.54, 1.807) is 0 Å². The maximum absolute atomic E-state index is 12.9. The number of aromatic nitrogens is 2. The summed E-state index contributed by atoms with van der Waals surface area (Å²) in [5, 5.41) is 17.3. The highest BCUT2D eigenvalue weighted by atomic mass is 16.4. The lowest BCUT2D eigenvalue weighted by molar-refractivity contribution is -0.156. The standard InChI is InChI=1S/C18H25N3O3/c1-2-21-11-13(14(20-21)12-3-4-12)15(22)19-18-8-5-17(6-9-18,7-10-18)16(23)24/h11-12H,2-10H2,1H3,(H,19,22)(H,23,24). The highest BCUT2D eigenvalue weighted by Crippen LogP contribution is 2.52. The average molecular weight is 331 g/mol. The van der Waals surface area contributed by atoms with Gasteiger partial charge in [0.1, 0.15) is 0 Å². The summed E-state index contributed by atoms with van der Waals surface area (Å²) in [7, 11) is 0. The molecular weight excluding hydrogens is 306 g/mol. The summed E-state index contributed by atoms with van der Waals surface area (Å²) in [5.74, 6) is -0.253. The number of hydrogen-bond donors (Lipinski definition) is 2. The third-order valence-electron chi connectivity index (χ3n) is 6.40. The van der Waals surface area contributed by atoms with Gasteiger partial charge in [0.15, 0.2) is 0 Å². The zero-order chi connectivity index (χ0) is 16.9. The molecule has 0 saturated heterocycles. The molecule has 24 heavy (non-hydrogen) atoms. The molecule has 6 heteroatoms. The molecule has 0 unspecified atom stereocenters. The Morgan fingerprint density at radius 3 is 2.38 bits per heavy atom. The Hall–Kier alpha value is -1.85. The number of aliphatic carboxylic acids is 1. The summed E-state index contributed by atoms with van der Waals surface area (Å²) in [5.41, 5.74) is 0.897. The molecule has 0 radical (unpaired) electrons. The lowest BCUT2D eigenvalue weighted by atomic mass is 9.57. The second-order valence-electron chi connectivity index (χ2n) is 7.88. The first-order valence-corrected chi connectivity index (χ1v) is 9.10. The van der Waals surface area contributed by atoms with Gasteiger partial charge in [0.05, 0.1) is 16.7 Å². The number of nitrogens with zero attached hydrogens (tertiary/aromatic N) is 2. The van der Waals surface area contributed by atoms with Crippen LogP contribution in [-0.2, 0) is 11.3 Å². The fraction of sp³-hybridized carbons (Fsp3) is 0.722. The van der Waals surface area contributed by atoms with Crippen LogP contribution in [0.25, 0.3) is 0 Å². The predicted molar refractivity (Wildman–Crippen MR) is 87.8 cm³/mol. The number of nitrogens with one attached hydrogen (secondary N) is 1. The van der Waals surface area contributed by atoms with Crippen LogP contribution in [0.2, 0.25) is 0 Å². The first-order valence-electron chi connectivity index (χ1n) is 9.10. The van der Waals surface area contributed by atoms with Gasteiger partial charge in [-0.15, -0.1) is 0 Å². The molecule has 5 rings (SSSR count). The van der Waals surface area contributed by atoms with Gasteiger partial charge in [-0.1, -0.05) is 0 Å². The van der Waals surface area contributed by atoms with Crippen LogP contribution in [0, 0.1) is 5.41 Å². The third kappa shape index (κ3) is 2.43. The van der Waals surface area contributed by atoms with Crippen molar-refractivity contribution in [1.29, 1.82) is 0 Å². The Morgan fingerprint density at radius 1 is 1.25 bits per heavy atom. The minimum atomic E-state index is -0.664. The molecule has 4 aliphatic carbocycles. The topological polar surface area (TPSA) is 84.2 Å². The molecular formula is C18H25N3O3. The predicted octanol–water partition coefficient (Wildman–Crippen LogP) is 2.69. The summed E-state index contributed by atoms with van der Waals surface area (Å²) < 4.78 is 1.84. The SMILES string of the molecule is CCn1cc(C(=O)NC23CCC(C(=O)O)(CC2)CC3)c(C2CC2)n1. The van der Waals surface area contributed by atoms with Gasteiger partial charge in [0, 0.05) is 24.2 Å². The third-order valence-corrected chi connectivity index (χ3v) is 6.40. The molecule has 0 atom stereocenters. The number of carbonyl (C=O) groups excluding carboxylic acids is 1. The zero-order valence-electron chi connectivity index (χ0n) is 14.2. The van der Waals surface area contributed by atoms with E-state index in [1.807, 2.05) is 17.8 Å². The number of carbonyl (C=O) groups is 2. The normalized spacial score (nSPS) is 31.9. The molecule has 1 heterocycles. The molecule has 2 bridgehead atoms. The van der Waals surface area contributed by atoms with Gasteiger partial charge in [0.2, 0.25) is 0 Å². The lowest BCUT2D eigenvalue weighted by Gasteiger charge is -2.51. The summed E-state index contributed by atoms with van der Waals surface area (Å²) in [6, 6.07) is 0. The molecule has 6 nitrogen and oxygen atoms in total. The number of aryl methyl sites for hydroxylation is 1. The number of amides is 1. The number of carboxylic acids is 1. The van der Waals surface area contributed by atoms with E-state index >= 15 is 0 Å². The number of carboxylic acid groups (broad SMARTS) is 1. The summed E-state index contributed by atoms with van der Waals surface area (Å²) in [6.45, 7) is 2.79. The van der Waals surface area contributed by atoms with Gasteiger partial charge in [-0.05, 0) is 58.3 Å². The van der Waals surface area contributed by atoms with Crippen molar-refractivity contribution in [1.82, 2.24) is 15.1 Å². The van der Waals surface area contributed by atoms with Gasteiger partial charge < -0.3 is 10.4 Å². The minimum absolute atomic E-state index is 0.0266. The molecule has 0 aliphatic heterocycles. The molecule has 4 fully saturated rings. The van der Waals surface area contributed by atoms with Gasteiger partial charge in [-0.3, -0.25) is 14.3 Å². The van der Waals surface area contributed by atoms with Crippen molar-refractivity contribution in [2.45, 2.75) is 76.3 Å². The number of rotatable bonds is 5. The van der Waals surface area contributed by atoms with Crippen LogP contribution in [0.15, 0.2) is 6.20 Å². The highest BCUT2D eigenvalue weighted by molar-refractivity contribution is 5.96. The summed E-state index contributed by atoms with van der Waals surface area (Å²) in [4.78, 5) is 24.5. The van der Waals surface area contributed by atoms with E-state index in [0.717, 1.165) is 49.9 Å². The lowest BCUT2D eigenvalue weighted by Crippen LogP contribution is -2.58. The van der Waals surface area contributed by atoms with Crippen molar-refractivity contribution in [3.05, 3.63) is 17.5 Å². The molecule has 4 saturated carbocycles. The van der Waals surface area contributed by atoms with E-state index in [2.05, 4.69) is 10.4 Å². The van der Waals surface area contributed by atoms with Gasteiger partial charge in [-0.25, -0.2) is 0 Å². The van der Waals surface area contributed by atoms with Crippen molar-refractivity contribution >= 4 is 11.9 Å².